The van der Waals surface area contributed by atoms with Gasteiger partial charge in [0.2, 0.25) is 0 Å². The van der Waals surface area contributed by atoms with E-state index in [0.29, 0.717) is 12.6 Å². The fraction of sp³-hybridized carbons (Fsp3) is 0.400. The summed E-state index contributed by atoms with van der Waals surface area (Å²) in [4.78, 5) is 0. The summed E-state index contributed by atoms with van der Waals surface area (Å²) in [6.07, 6.45) is 2.47. The molecule has 43 valence electrons. The van der Waals surface area contributed by atoms with Crippen molar-refractivity contribution in [1.82, 2.24) is 5.16 Å². The SMILES string of the molecule is CCOc1c[c]no1. The van der Waals surface area contributed by atoms with Gasteiger partial charge >= 0.3 is 5.95 Å². The number of hydrogen-bond acceptors (Lipinski definition) is 3. The Hall–Kier alpha value is -0.990. The van der Waals surface area contributed by atoms with Gasteiger partial charge in [0.15, 0.2) is 0 Å². The van der Waals surface area contributed by atoms with Crippen molar-refractivity contribution in [3.05, 3.63) is 12.3 Å². The summed E-state index contributed by atoms with van der Waals surface area (Å²) >= 11 is 0. The molecule has 0 N–H and O–H groups in total. The third-order valence-electron chi connectivity index (χ3n) is 0.657. The van der Waals surface area contributed by atoms with E-state index in [0.717, 1.165) is 0 Å². The van der Waals surface area contributed by atoms with Crippen LogP contribution in [-0.2, 0) is 0 Å². The highest BCUT2D eigenvalue weighted by molar-refractivity contribution is 4.97. The van der Waals surface area contributed by atoms with Crippen molar-refractivity contribution in [3.63, 3.8) is 0 Å². The molecule has 1 rings (SSSR count). The predicted molar refractivity (Wildman–Crippen MR) is 26.5 cm³/mol. The first-order valence-corrected chi connectivity index (χ1v) is 2.39. The van der Waals surface area contributed by atoms with Gasteiger partial charge in [-0.1, -0.05) is 5.16 Å². The van der Waals surface area contributed by atoms with E-state index in [1.54, 1.807) is 6.07 Å². The molecule has 0 saturated heterocycles. The van der Waals surface area contributed by atoms with E-state index in [-0.39, 0.29) is 0 Å². The Bertz CT molecular complexity index is 136. The quantitative estimate of drug-likeness (QED) is 0.569. The Morgan fingerprint density at radius 2 is 2.88 bits per heavy atom. The van der Waals surface area contributed by atoms with Crippen LogP contribution in [0, 0.1) is 6.20 Å². The minimum atomic E-state index is 0.424. The van der Waals surface area contributed by atoms with Gasteiger partial charge in [0.05, 0.1) is 12.7 Å². The van der Waals surface area contributed by atoms with Gasteiger partial charge in [-0.2, -0.15) is 0 Å². The van der Waals surface area contributed by atoms with Crippen molar-refractivity contribution in [1.29, 1.82) is 0 Å². The van der Waals surface area contributed by atoms with Crippen LogP contribution in [0.25, 0.3) is 0 Å². The molecule has 0 unspecified atom stereocenters. The van der Waals surface area contributed by atoms with Crippen molar-refractivity contribution in [2.24, 2.45) is 0 Å². The maximum atomic E-state index is 4.89. The van der Waals surface area contributed by atoms with E-state index in [9.17, 15) is 0 Å². The molecule has 0 aliphatic heterocycles. The molecule has 0 aliphatic carbocycles. The molecule has 0 aliphatic rings. The largest absolute Gasteiger partial charge is 0.464 e. The van der Waals surface area contributed by atoms with E-state index in [2.05, 4.69) is 15.9 Å². The molecular weight excluding hydrogens is 106 g/mol. The van der Waals surface area contributed by atoms with E-state index in [4.69, 9.17) is 4.74 Å². The molecule has 0 fully saturated rings. The van der Waals surface area contributed by atoms with E-state index < -0.39 is 0 Å². The summed E-state index contributed by atoms with van der Waals surface area (Å²) in [5.74, 6) is 0.424. The molecule has 3 nitrogen and oxygen atoms in total. The Balaban J connectivity index is 2.50. The zero-order valence-corrected chi connectivity index (χ0v) is 4.55. The van der Waals surface area contributed by atoms with Crippen LogP contribution in [0.1, 0.15) is 6.92 Å². The molecule has 0 aromatic carbocycles. The molecule has 1 aromatic heterocycles. The lowest BCUT2D eigenvalue weighted by molar-refractivity contribution is 0.225. The van der Waals surface area contributed by atoms with Crippen LogP contribution in [0.15, 0.2) is 10.6 Å². The molecule has 3 heteroatoms. The first-order chi connectivity index (χ1) is 3.93. The van der Waals surface area contributed by atoms with Gasteiger partial charge in [-0.3, -0.25) is 0 Å². The van der Waals surface area contributed by atoms with E-state index in [1.807, 2.05) is 6.92 Å². The third kappa shape index (κ3) is 0.992. The lowest BCUT2D eigenvalue weighted by Gasteiger charge is -1.90. The Kier molecular flexibility index (Phi) is 1.51. The second-order valence-electron chi connectivity index (χ2n) is 1.21. The van der Waals surface area contributed by atoms with Crippen molar-refractivity contribution >= 4 is 0 Å². The van der Waals surface area contributed by atoms with Crippen LogP contribution in [0.4, 0.5) is 0 Å². The van der Waals surface area contributed by atoms with Crippen LogP contribution >= 0.6 is 0 Å². The summed E-state index contributed by atoms with van der Waals surface area (Å²) in [6.45, 7) is 2.48. The first-order valence-electron chi connectivity index (χ1n) is 2.39. The maximum absolute atomic E-state index is 4.89. The highest BCUT2D eigenvalue weighted by atomic mass is 16.6. The summed E-state index contributed by atoms with van der Waals surface area (Å²) in [5.41, 5.74) is 0. The highest BCUT2D eigenvalue weighted by Gasteiger charge is 1.91. The van der Waals surface area contributed by atoms with Crippen molar-refractivity contribution < 1.29 is 9.26 Å². The first kappa shape index (κ1) is 5.15. The monoisotopic (exact) mass is 112 g/mol. The lowest BCUT2D eigenvalue weighted by Crippen LogP contribution is -1.87. The number of rotatable bonds is 2. The van der Waals surface area contributed by atoms with Gasteiger partial charge in [0.1, 0.15) is 6.20 Å². The molecule has 1 heterocycles. The molecule has 0 atom stereocenters. The van der Waals surface area contributed by atoms with Gasteiger partial charge in [-0.25, -0.2) is 0 Å². The fourth-order valence-corrected chi connectivity index (χ4v) is 0.387. The summed E-state index contributed by atoms with van der Waals surface area (Å²) < 4.78 is 9.43. The summed E-state index contributed by atoms with van der Waals surface area (Å²) in [7, 11) is 0. The molecular formula is C5H6NO2. The average Bonchev–Trinajstić information content (AvgIpc) is 2.19. The second-order valence-corrected chi connectivity index (χ2v) is 1.21. The van der Waals surface area contributed by atoms with Crippen molar-refractivity contribution in [2.45, 2.75) is 6.92 Å². The maximum Gasteiger partial charge on any atom is 0.311 e. The van der Waals surface area contributed by atoms with E-state index >= 15 is 0 Å². The zero-order valence-electron chi connectivity index (χ0n) is 4.55. The standard InChI is InChI=1S/C5H6NO2/c1-2-7-5-3-4-6-8-5/h3H,2H2,1H3. The van der Waals surface area contributed by atoms with Gasteiger partial charge in [-0.15, -0.1) is 0 Å². The Labute approximate surface area is 47.2 Å². The molecule has 0 amide bonds. The summed E-state index contributed by atoms with van der Waals surface area (Å²) in [5, 5.41) is 3.32. The van der Waals surface area contributed by atoms with E-state index in [1.165, 1.54) is 0 Å². The minimum Gasteiger partial charge on any atom is -0.464 e. The van der Waals surface area contributed by atoms with Crippen molar-refractivity contribution in [2.75, 3.05) is 6.61 Å². The third-order valence-corrected chi connectivity index (χ3v) is 0.657. The molecule has 0 spiro atoms. The number of ether oxygens (including phenoxy) is 1. The number of aromatic nitrogens is 1. The van der Waals surface area contributed by atoms with Gasteiger partial charge in [0, 0.05) is 0 Å². The molecule has 8 heavy (non-hydrogen) atoms. The molecule has 0 bridgehead atoms. The van der Waals surface area contributed by atoms with Crippen LogP contribution in [0.3, 0.4) is 0 Å². The van der Waals surface area contributed by atoms with Gasteiger partial charge in [0.25, 0.3) is 0 Å². The predicted octanol–water partition coefficient (Wildman–Crippen LogP) is 0.873. The smallest absolute Gasteiger partial charge is 0.311 e. The van der Waals surface area contributed by atoms with Gasteiger partial charge in [-0.05, 0) is 6.92 Å². The molecule has 0 saturated carbocycles. The topological polar surface area (TPSA) is 35.3 Å². The lowest BCUT2D eigenvalue weighted by atomic mass is 10.7. The zero-order chi connectivity index (χ0) is 5.82. The van der Waals surface area contributed by atoms with Crippen molar-refractivity contribution in [3.8, 4) is 5.95 Å². The molecule has 1 radical (unpaired) electrons. The summed E-state index contributed by atoms with van der Waals surface area (Å²) in [6, 6.07) is 1.55. The number of hydrogen-bond donors (Lipinski definition) is 0. The van der Waals surface area contributed by atoms with Crippen LogP contribution < -0.4 is 4.74 Å². The number of nitrogens with zero attached hydrogens (tertiary/aromatic N) is 1. The average molecular weight is 112 g/mol. The Morgan fingerprint density at radius 1 is 2.00 bits per heavy atom. The van der Waals surface area contributed by atoms with Gasteiger partial charge < -0.3 is 9.26 Å². The minimum absolute atomic E-state index is 0.424. The Morgan fingerprint density at radius 3 is 3.38 bits per heavy atom. The van der Waals surface area contributed by atoms with Crippen LogP contribution in [0.5, 0.6) is 5.95 Å². The highest BCUT2D eigenvalue weighted by Crippen LogP contribution is 2.04. The normalized spacial score (nSPS) is 9.12. The van der Waals surface area contributed by atoms with Crippen LogP contribution in [-0.4, -0.2) is 11.8 Å². The van der Waals surface area contributed by atoms with Crippen LogP contribution in [0.2, 0.25) is 0 Å². The molecule has 1 aromatic rings. The fourth-order valence-electron chi connectivity index (χ4n) is 0.387. The second kappa shape index (κ2) is 2.35.